The number of ketones is 1. The molecule has 0 aliphatic heterocycles. The van der Waals surface area contributed by atoms with Gasteiger partial charge >= 0.3 is 5.97 Å². The molecule has 0 saturated heterocycles. The molecule has 1 rings (SSSR count). The molecular weight excluding hydrogens is 300 g/mol. The molecule has 0 radical (unpaired) electrons. The van der Waals surface area contributed by atoms with E-state index in [9.17, 15) is 18.0 Å². The molecular formula is C10H11ClO5S2. The van der Waals surface area contributed by atoms with Crippen molar-refractivity contribution in [2.45, 2.75) is 6.92 Å². The molecule has 8 heteroatoms. The maximum absolute atomic E-state index is 11.6. The highest BCUT2D eigenvalue weighted by Gasteiger charge is 2.23. The minimum absolute atomic E-state index is 0.100. The minimum atomic E-state index is -3.80. The molecule has 0 N–H and O–H groups in total. The van der Waals surface area contributed by atoms with Gasteiger partial charge in [-0.15, -0.1) is 11.3 Å². The van der Waals surface area contributed by atoms with E-state index in [1.54, 1.807) is 6.92 Å². The van der Waals surface area contributed by atoms with Crippen molar-refractivity contribution < 1.29 is 22.7 Å². The monoisotopic (exact) mass is 310 g/mol. The molecule has 18 heavy (non-hydrogen) atoms. The molecule has 1 heterocycles. The first-order chi connectivity index (χ1) is 8.34. The van der Waals surface area contributed by atoms with E-state index in [1.165, 1.54) is 12.1 Å². The van der Waals surface area contributed by atoms with E-state index in [0.29, 0.717) is 4.34 Å². The van der Waals surface area contributed by atoms with Crippen molar-refractivity contribution >= 4 is 44.5 Å². The second-order valence-corrected chi connectivity index (χ2v) is 7.14. The third-order valence-electron chi connectivity index (χ3n) is 1.84. The van der Waals surface area contributed by atoms with Crippen LogP contribution in [0.1, 0.15) is 16.6 Å². The molecule has 1 aromatic heterocycles. The van der Waals surface area contributed by atoms with Crippen LogP contribution < -0.4 is 0 Å². The molecule has 0 atom stereocenters. The summed E-state index contributed by atoms with van der Waals surface area (Å²) in [6.07, 6.45) is 0. The van der Waals surface area contributed by atoms with Crippen LogP contribution in [-0.2, 0) is 19.4 Å². The van der Waals surface area contributed by atoms with Crippen LogP contribution in [0.2, 0.25) is 4.34 Å². The van der Waals surface area contributed by atoms with E-state index in [2.05, 4.69) is 4.74 Å². The molecule has 1 aromatic rings. The molecule has 0 unspecified atom stereocenters. The standard InChI is InChI=1S/C10H11ClO5S2/c1-2-16-10(13)6-18(14,15)5-7(12)8-3-4-9(11)17-8/h3-4H,2,5-6H2,1H3. The Bertz CT molecular complexity index is 546. The molecule has 0 fully saturated rings. The highest BCUT2D eigenvalue weighted by atomic mass is 35.5. The maximum Gasteiger partial charge on any atom is 0.321 e. The zero-order valence-corrected chi connectivity index (χ0v) is 11.9. The van der Waals surface area contributed by atoms with Crippen LogP contribution in [0.5, 0.6) is 0 Å². The fourth-order valence-electron chi connectivity index (χ4n) is 1.17. The van der Waals surface area contributed by atoms with Gasteiger partial charge in [-0.25, -0.2) is 8.42 Å². The predicted molar refractivity (Wildman–Crippen MR) is 68.9 cm³/mol. The first kappa shape index (κ1) is 15.1. The number of hydrogen-bond acceptors (Lipinski definition) is 6. The van der Waals surface area contributed by atoms with E-state index in [-0.39, 0.29) is 11.5 Å². The highest BCUT2D eigenvalue weighted by Crippen LogP contribution is 2.22. The molecule has 5 nitrogen and oxygen atoms in total. The molecule has 0 amide bonds. The second kappa shape index (κ2) is 6.31. The first-order valence-electron chi connectivity index (χ1n) is 4.98. The lowest BCUT2D eigenvalue weighted by Gasteiger charge is -2.02. The Balaban J connectivity index is 2.66. The number of ether oxygens (including phenoxy) is 1. The van der Waals surface area contributed by atoms with Gasteiger partial charge in [0, 0.05) is 0 Å². The summed E-state index contributed by atoms with van der Waals surface area (Å²) in [5.41, 5.74) is 0. The lowest BCUT2D eigenvalue weighted by Crippen LogP contribution is -2.24. The van der Waals surface area contributed by atoms with E-state index >= 15 is 0 Å². The van der Waals surface area contributed by atoms with Crippen molar-refractivity contribution in [2.75, 3.05) is 18.1 Å². The van der Waals surface area contributed by atoms with Gasteiger partial charge in [-0.1, -0.05) is 11.6 Å². The summed E-state index contributed by atoms with van der Waals surface area (Å²) in [6, 6.07) is 2.96. The van der Waals surface area contributed by atoms with E-state index in [4.69, 9.17) is 11.6 Å². The van der Waals surface area contributed by atoms with Crippen LogP contribution >= 0.6 is 22.9 Å². The van der Waals surface area contributed by atoms with Crippen molar-refractivity contribution in [1.29, 1.82) is 0 Å². The number of Topliss-reactive ketones (excluding diaryl/α,β-unsaturated/α-hetero) is 1. The van der Waals surface area contributed by atoms with Crippen LogP contribution in [0, 0.1) is 0 Å². The fourth-order valence-corrected chi connectivity index (χ4v) is 3.34. The van der Waals surface area contributed by atoms with Gasteiger partial charge in [0.25, 0.3) is 0 Å². The Morgan fingerprint density at radius 3 is 2.50 bits per heavy atom. The number of carbonyl (C=O) groups excluding carboxylic acids is 2. The molecule has 0 spiro atoms. The Morgan fingerprint density at radius 1 is 1.33 bits per heavy atom. The third kappa shape index (κ3) is 4.75. The van der Waals surface area contributed by atoms with E-state index < -0.39 is 33.1 Å². The van der Waals surface area contributed by atoms with Crippen LogP contribution in [0.15, 0.2) is 12.1 Å². The van der Waals surface area contributed by atoms with Crippen LogP contribution in [0.3, 0.4) is 0 Å². The Kier molecular flexibility index (Phi) is 5.30. The quantitative estimate of drug-likeness (QED) is 0.588. The van der Waals surface area contributed by atoms with Gasteiger partial charge in [-0.2, -0.15) is 0 Å². The molecule has 0 aliphatic carbocycles. The Labute approximate surface area is 114 Å². The van der Waals surface area contributed by atoms with Gasteiger partial charge in [0.2, 0.25) is 0 Å². The number of carbonyl (C=O) groups is 2. The molecule has 100 valence electrons. The normalized spacial score (nSPS) is 11.2. The Morgan fingerprint density at radius 2 is 2.00 bits per heavy atom. The summed E-state index contributed by atoms with van der Waals surface area (Å²) >= 11 is 6.64. The SMILES string of the molecule is CCOC(=O)CS(=O)(=O)CC(=O)c1ccc(Cl)s1. The van der Waals surface area contributed by atoms with Gasteiger partial charge in [-0.05, 0) is 19.1 Å². The topological polar surface area (TPSA) is 77.5 Å². The summed E-state index contributed by atoms with van der Waals surface area (Å²) in [7, 11) is -3.80. The minimum Gasteiger partial charge on any atom is -0.465 e. The molecule has 0 bridgehead atoms. The number of rotatable bonds is 6. The summed E-state index contributed by atoms with van der Waals surface area (Å²) < 4.78 is 28.0. The van der Waals surface area contributed by atoms with Crippen molar-refractivity contribution in [3.05, 3.63) is 21.3 Å². The lowest BCUT2D eigenvalue weighted by molar-refractivity contribution is -0.139. The lowest BCUT2D eigenvalue weighted by atomic mass is 10.4. The molecule has 0 aromatic carbocycles. The van der Waals surface area contributed by atoms with Gasteiger partial charge in [0.05, 0.1) is 15.8 Å². The van der Waals surface area contributed by atoms with Crippen molar-refractivity contribution in [2.24, 2.45) is 0 Å². The van der Waals surface area contributed by atoms with Crippen molar-refractivity contribution in [1.82, 2.24) is 0 Å². The van der Waals surface area contributed by atoms with Gasteiger partial charge < -0.3 is 4.74 Å². The maximum atomic E-state index is 11.6. The highest BCUT2D eigenvalue weighted by molar-refractivity contribution is 7.92. The zero-order valence-electron chi connectivity index (χ0n) is 9.51. The van der Waals surface area contributed by atoms with Gasteiger partial charge in [-0.3, -0.25) is 9.59 Å². The van der Waals surface area contributed by atoms with Gasteiger partial charge in [0.1, 0.15) is 11.5 Å². The van der Waals surface area contributed by atoms with Crippen molar-refractivity contribution in [3.63, 3.8) is 0 Å². The predicted octanol–water partition coefficient (Wildman–Crippen LogP) is 1.56. The van der Waals surface area contributed by atoms with Crippen LogP contribution in [-0.4, -0.2) is 38.3 Å². The van der Waals surface area contributed by atoms with Crippen LogP contribution in [0.25, 0.3) is 0 Å². The number of thiophene rings is 1. The first-order valence-corrected chi connectivity index (χ1v) is 8.00. The summed E-state index contributed by atoms with van der Waals surface area (Å²) in [4.78, 5) is 22.9. The van der Waals surface area contributed by atoms with E-state index in [0.717, 1.165) is 11.3 Å². The Hall–Kier alpha value is -0.920. The number of sulfone groups is 1. The second-order valence-electron chi connectivity index (χ2n) is 3.36. The largest absolute Gasteiger partial charge is 0.465 e. The van der Waals surface area contributed by atoms with E-state index in [1.807, 2.05) is 0 Å². The summed E-state index contributed by atoms with van der Waals surface area (Å²) in [6.45, 7) is 1.67. The number of halogens is 1. The van der Waals surface area contributed by atoms with Crippen LogP contribution in [0.4, 0.5) is 0 Å². The zero-order chi connectivity index (χ0) is 13.8. The van der Waals surface area contributed by atoms with Gasteiger partial charge in [0.15, 0.2) is 15.6 Å². The smallest absolute Gasteiger partial charge is 0.321 e. The average Bonchev–Trinajstić information content (AvgIpc) is 2.63. The van der Waals surface area contributed by atoms with Crippen molar-refractivity contribution in [3.8, 4) is 0 Å². The number of hydrogen-bond donors (Lipinski definition) is 0. The third-order valence-corrected chi connectivity index (χ3v) is 4.49. The summed E-state index contributed by atoms with van der Waals surface area (Å²) in [5, 5.41) is 0. The molecule has 0 aliphatic rings. The number of esters is 1. The fraction of sp³-hybridized carbons (Fsp3) is 0.400. The average molecular weight is 311 g/mol. The summed E-state index contributed by atoms with van der Waals surface area (Å²) in [5.74, 6) is -2.93. The molecule has 0 saturated carbocycles.